The summed E-state index contributed by atoms with van der Waals surface area (Å²) in [6.07, 6.45) is 2.74. The second-order valence-electron chi connectivity index (χ2n) is 6.46. The molecule has 1 fully saturated rings. The van der Waals surface area contributed by atoms with Crippen LogP contribution in [0.2, 0.25) is 0 Å². The Labute approximate surface area is 137 Å². The highest BCUT2D eigenvalue weighted by molar-refractivity contribution is 7.91. The summed E-state index contributed by atoms with van der Waals surface area (Å²) in [5.41, 5.74) is 3.22. The Morgan fingerprint density at radius 3 is 2.65 bits per heavy atom. The van der Waals surface area contributed by atoms with Gasteiger partial charge in [0.2, 0.25) is 0 Å². The van der Waals surface area contributed by atoms with Crippen LogP contribution in [0, 0.1) is 0 Å². The largest absolute Gasteiger partial charge is 0.309 e. The molecule has 1 aromatic heterocycles. The number of hydrogen-bond acceptors (Lipinski definition) is 4. The van der Waals surface area contributed by atoms with Crippen molar-refractivity contribution in [3.63, 3.8) is 0 Å². The molecule has 3 rings (SSSR count). The minimum absolute atomic E-state index is 0.0556. The smallest absolute Gasteiger partial charge is 0.151 e. The van der Waals surface area contributed by atoms with E-state index in [1.54, 1.807) is 0 Å². The quantitative estimate of drug-likeness (QED) is 0.912. The van der Waals surface area contributed by atoms with Crippen molar-refractivity contribution < 1.29 is 8.42 Å². The van der Waals surface area contributed by atoms with Crippen LogP contribution in [0.5, 0.6) is 0 Å². The Morgan fingerprint density at radius 2 is 2.04 bits per heavy atom. The molecule has 0 aliphatic carbocycles. The van der Waals surface area contributed by atoms with E-state index in [1.807, 2.05) is 41.2 Å². The summed E-state index contributed by atoms with van der Waals surface area (Å²) in [7, 11) is -2.85. The lowest BCUT2D eigenvalue weighted by molar-refractivity contribution is 0.551. The molecule has 1 aliphatic heterocycles. The van der Waals surface area contributed by atoms with Crippen LogP contribution >= 0.6 is 0 Å². The summed E-state index contributed by atoms with van der Waals surface area (Å²) in [6, 6.07) is 10.1. The fourth-order valence-corrected chi connectivity index (χ4v) is 4.68. The minimum atomic E-state index is -2.85. The van der Waals surface area contributed by atoms with E-state index >= 15 is 0 Å². The number of para-hydroxylation sites is 1. The molecule has 1 N–H and O–H groups in total. The van der Waals surface area contributed by atoms with E-state index in [0.717, 1.165) is 16.9 Å². The van der Waals surface area contributed by atoms with Gasteiger partial charge in [0.05, 0.1) is 22.9 Å². The highest BCUT2D eigenvalue weighted by Crippen LogP contribution is 2.21. The zero-order chi connectivity index (χ0) is 16.4. The molecule has 1 saturated heterocycles. The topological polar surface area (TPSA) is 64.0 Å². The standard InChI is InChI=1S/C17H23N3O2S/c1-13(2)17-14(10-18-15-8-9-23(21,22)12-15)11-20(19-17)16-6-4-3-5-7-16/h3-7,11,13,15,18H,8-10,12H2,1-2H3. The number of aromatic nitrogens is 2. The predicted molar refractivity (Wildman–Crippen MR) is 91.6 cm³/mol. The van der Waals surface area contributed by atoms with Crippen molar-refractivity contribution in [2.45, 2.75) is 38.8 Å². The van der Waals surface area contributed by atoms with Crippen LogP contribution in [0.4, 0.5) is 0 Å². The second kappa shape index (κ2) is 6.45. The summed E-state index contributed by atoms with van der Waals surface area (Å²) < 4.78 is 25.0. The van der Waals surface area contributed by atoms with E-state index in [2.05, 4.69) is 19.2 Å². The molecule has 0 amide bonds. The molecule has 1 unspecified atom stereocenters. The maximum atomic E-state index is 11.6. The van der Waals surface area contributed by atoms with Gasteiger partial charge in [0, 0.05) is 24.3 Å². The zero-order valence-corrected chi connectivity index (χ0v) is 14.4. The average Bonchev–Trinajstić information content (AvgIpc) is 3.09. The van der Waals surface area contributed by atoms with Crippen LogP contribution in [0.25, 0.3) is 5.69 Å². The molecule has 0 saturated carbocycles. The van der Waals surface area contributed by atoms with Gasteiger partial charge < -0.3 is 5.32 Å². The Morgan fingerprint density at radius 1 is 1.30 bits per heavy atom. The van der Waals surface area contributed by atoms with Crippen LogP contribution < -0.4 is 5.32 Å². The number of hydrogen-bond donors (Lipinski definition) is 1. The average molecular weight is 333 g/mol. The fraction of sp³-hybridized carbons (Fsp3) is 0.471. The van der Waals surface area contributed by atoms with Gasteiger partial charge in [-0.1, -0.05) is 32.0 Å². The van der Waals surface area contributed by atoms with Gasteiger partial charge in [0.1, 0.15) is 0 Å². The maximum Gasteiger partial charge on any atom is 0.151 e. The third-order valence-electron chi connectivity index (χ3n) is 4.20. The van der Waals surface area contributed by atoms with Gasteiger partial charge in [-0.3, -0.25) is 0 Å². The lowest BCUT2D eigenvalue weighted by atomic mass is 10.1. The monoisotopic (exact) mass is 333 g/mol. The lowest BCUT2D eigenvalue weighted by Crippen LogP contribution is -2.29. The highest BCUT2D eigenvalue weighted by Gasteiger charge is 2.27. The molecule has 0 bridgehead atoms. The molecule has 6 heteroatoms. The summed E-state index contributed by atoms with van der Waals surface area (Å²) in [4.78, 5) is 0. The molecule has 2 aromatic rings. The first kappa shape index (κ1) is 16.2. The Kier molecular flexibility index (Phi) is 4.55. The Balaban J connectivity index is 1.77. The number of benzene rings is 1. The molecule has 1 aliphatic rings. The third kappa shape index (κ3) is 3.82. The molecule has 0 spiro atoms. The third-order valence-corrected chi connectivity index (χ3v) is 5.97. The maximum absolute atomic E-state index is 11.6. The van der Waals surface area contributed by atoms with Gasteiger partial charge in [-0.2, -0.15) is 5.10 Å². The lowest BCUT2D eigenvalue weighted by Gasteiger charge is -2.11. The Hall–Kier alpha value is -1.66. The van der Waals surface area contributed by atoms with Crippen molar-refractivity contribution in [3.8, 4) is 5.69 Å². The van der Waals surface area contributed by atoms with E-state index in [0.29, 0.717) is 24.6 Å². The first-order valence-electron chi connectivity index (χ1n) is 8.02. The van der Waals surface area contributed by atoms with Crippen LogP contribution in [-0.2, 0) is 16.4 Å². The molecular formula is C17H23N3O2S. The summed E-state index contributed by atoms with van der Waals surface area (Å²) in [6.45, 7) is 4.91. The van der Waals surface area contributed by atoms with E-state index in [4.69, 9.17) is 5.10 Å². The van der Waals surface area contributed by atoms with E-state index < -0.39 is 9.84 Å². The second-order valence-corrected chi connectivity index (χ2v) is 8.68. The van der Waals surface area contributed by atoms with E-state index in [1.165, 1.54) is 0 Å². The fourth-order valence-electron chi connectivity index (χ4n) is 2.97. The summed E-state index contributed by atoms with van der Waals surface area (Å²) in [5.74, 6) is 0.867. The molecule has 0 radical (unpaired) electrons. The van der Waals surface area contributed by atoms with Gasteiger partial charge in [0.15, 0.2) is 9.84 Å². The van der Waals surface area contributed by atoms with Crippen LogP contribution in [0.15, 0.2) is 36.5 Å². The van der Waals surface area contributed by atoms with Crippen molar-refractivity contribution in [2.75, 3.05) is 11.5 Å². The molecule has 1 aromatic carbocycles. The van der Waals surface area contributed by atoms with Crippen molar-refractivity contribution in [1.82, 2.24) is 15.1 Å². The normalized spacial score (nSPS) is 20.2. The van der Waals surface area contributed by atoms with Crippen molar-refractivity contribution in [2.24, 2.45) is 0 Å². The summed E-state index contributed by atoms with van der Waals surface area (Å²) in [5, 5.41) is 8.09. The molecule has 5 nitrogen and oxygen atoms in total. The first-order valence-corrected chi connectivity index (χ1v) is 9.84. The summed E-state index contributed by atoms with van der Waals surface area (Å²) >= 11 is 0. The van der Waals surface area contributed by atoms with Crippen LogP contribution in [0.1, 0.15) is 37.4 Å². The van der Waals surface area contributed by atoms with Crippen molar-refractivity contribution in [1.29, 1.82) is 0 Å². The molecule has 124 valence electrons. The van der Waals surface area contributed by atoms with Gasteiger partial charge >= 0.3 is 0 Å². The molecule has 2 heterocycles. The Bertz CT molecular complexity index is 766. The number of nitrogens with zero attached hydrogens (tertiary/aromatic N) is 2. The first-order chi connectivity index (χ1) is 10.9. The van der Waals surface area contributed by atoms with E-state index in [9.17, 15) is 8.42 Å². The van der Waals surface area contributed by atoms with Gasteiger partial charge in [-0.05, 0) is 24.5 Å². The van der Waals surface area contributed by atoms with Gasteiger partial charge in [-0.15, -0.1) is 0 Å². The number of sulfone groups is 1. The molecule has 23 heavy (non-hydrogen) atoms. The predicted octanol–water partition coefficient (Wildman–Crippen LogP) is 2.27. The highest BCUT2D eigenvalue weighted by atomic mass is 32.2. The number of rotatable bonds is 5. The number of nitrogens with one attached hydrogen (secondary N) is 1. The van der Waals surface area contributed by atoms with Gasteiger partial charge in [-0.25, -0.2) is 13.1 Å². The van der Waals surface area contributed by atoms with E-state index in [-0.39, 0.29) is 11.8 Å². The minimum Gasteiger partial charge on any atom is -0.309 e. The van der Waals surface area contributed by atoms with Crippen molar-refractivity contribution in [3.05, 3.63) is 47.8 Å². The van der Waals surface area contributed by atoms with Crippen LogP contribution in [0.3, 0.4) is 0 Å². The molecule has 1 atom stereocenters. The SMILES string of the molecule is CC(C)c1nn(-c2ccccc2)cc1CNC1CCS(=O)(=O)C1. The van der Waals surface area contributed by atoms with Gasteiger partial charge in [0.25, 0.3) is 0 Å². The van der Waals surface area contributed by atoms with Crippen LogP contribution in [-0.4, -0.2) is 35.7 Å². The van der Waals surface area contributed by atoms with Crippen molar-refractivity contribution >= 4 is 9.84 Å². The zero-order valence-electron chi connectivity index (χ0n) is 13.6. The molecular weight excluding hydrogens is 310 g/mol.